The quantitative estimate of drug-likeness (QED) is 0.772. The van der Waals surface area contributed by atoms with Gasteiger partial charge in [-0.15, -0.1) is 0 Å². The summed E-state index contributed by atoms with van der Waals surface area (Å²) in [5.41, 5.74) is 3.67. The smallest absolute Gasteiger partial charge is 0.346 e. The lowest BCUT2D eigenvalue weighted by Gasteiger charge is -2.14. The minimum atomic E-state index is -0.906. The highest BCUT2D eigenvalue weighted by atomic mass is 32.1. The number of carbonyl (C=O) groups is 1. The van der Waals surface area contributed by atoms with E-state index in [1.165, 1.54) is 22.9 Å². The van der Waals surface area contributed by atoms with Crippen molar-refractivity contribution in [3.05, 3.63) is 46.2 Å². The highest BCUT2D eigenvalue weighted by Gasteiger charge is 2.30. The molecule has 0 spiro atoms. The number of thiophene rings is 1. The van der Waals surface area contributed by atoms with Crippen molar-refractivity contribution in [2.75, 3.05) is 0 Å². The first-order valence-corrected chi connectivity index (χ1v) is 8.66. The normalized spacial score (nSPS) is 12.6. The molecule has 116 valence electrons. The van der Waals surface area contributed by atoms with Crippen molar-refractivity contribution in [2.45, 2.75) is 19.8 Å². The molecule has 0 unspecified atom stereocenters. The van der Waals surface area contributed by atoms with E-state index in [-0.39, 0.29) is 0 Å². The number of nitrogens with zero attached hydrogens (tertiary/aromatic N) is 2. The van der Waals surface area contributed by atoms with E-state index < -0.39 is 5.97 Å². The molecule has 1 N–H and O–H groups in total. The van der Waals surface area contributed by atoms with Gasteiger partial charge in [0.05, 0.1) is 16.1 Å². The summed E-state index contributed by atoms with van der Waals surface area (Å²) in [5, 5.41) is 10.1. The second-order valence-electron chi connectivity index (χ2n) is 5.25. The van der Waals surface area contributed by atoms with Gasteiger partial charge in [0, 0.05) is 12.4 Å². The molecule has 1 aliphatic rings. The van der Waals surface area contributed by atoms with Gasteiger partial charge >= 0.3 is 5.97 Å². The van der Waals surface area contributed by atoms with E-state index in [4.69, 9.17) is 4.74 Å². The maximum atomic E-state index is 11.6. The molecule has 0 fully saturated rings. The van der Waals surface area contributed by atoms with Crippen LogP contribution in [0.15, 0.2) is 24.5 Å². The van der Waals surface area contributed by atoms with Gasteiger partial charge in [-0.05, 0) is 54.6 Å². The second kappa shape index (κ2) is 5.43. The Kier molecular flexibility index (Phi) is 3.39. The molecule has 3 heterocycles. The molecule has 23 heavy (non-hydrogen) atoms. The number of aromatic nitrogens is 2. The van der Waals surface area contributed by atoms with Gasteiger partial charge in [-0.1, -0.05) is 11.3 Å². The third kappa shape index (κ3) is 2.32. The first-order valence-electron chi connectivity index (χ1n) is 7.07. The summed E-state index contributed by atoms with van der Waals surface area (Å²) in [6.07, 6.45) is 5.09. The zero-order chi connectivity index (χ0) is 16.0. The van der Waals surface area contributed by atoms with Gasteiger partial charge < -0.3 is 9.84 Å². The lowest BCUT2D eigenvalue weighted by molar-refractivity contribution is 0.0701. The number of fused-ring (bicyclic) bond motifs is 3. The van der Waals surface area contributed by atoms with Crippen LogP contribution in [0.5, 0.6) is 10.8 Å². The highest BCUT2D eigenvalue weighted by Crippen LogP contribution is 2.50. The fraction of sp³-hybridized carbons (Fsp3) is 0.188. The molecule has 0 aromatic carbocycles. The fourth-order valence-electron chi connectivity index (χ4n) is 2.74. The van der Waals surface area contributed by atoms with Crippen molar-refractivity contribution in [1.29, 1.82) is 0 Å². The Morgan fingerprint density at radius 3 is 3.04 bits per heavy atom. The number of hydrogen-bond donors (Lipinski definition) is 1. The molecule has 5 nitrogen and oxygen atoms in total. The van der Waals surface area contributed by atoms with Crippen molar-refractivity contribution in [3.8, 4) is 21.3 Å². The average Bonchev–Trinajstić information content (AvgIpc) is 3.13. The van der Waals surface area contributed by atoms with E-state index >= 15 is 0 Å². The predicted octanol–water partition coefficient (Wildman–Crippen LogP) is 4.16. The van der Waals surface area contributed by atoms with Gasteiger partial charge in [-0.3, -0.25) is 4.98 Å². The third-order valence-corrected chi connectivity index (χ3v) is 5.80. The van der Waals surface area contributed by atoms with Crippen molar-refractivity contribution in [3.63, 3.8) is 0 Å². The number of ether oxygens (including phenoxy) is 1. The molecule has 4 rings (SSSR count). The molecule has 1 aliphatic carbocycles. The molecule has 3 aromatic rings. The predicted molar refractivity (Wildman–Crippen MR) is 88.8 cm³/mol. The molecule has 0 aliphatic heterocycles. The highest BCUT2D eigenvalue weighted by molar-refractivity contribution is 7.17. The van der Waals surface area contributed by atoms with Crippen LogP contribution in [-0.2, 0) is 12.8 Å². The van der Waals surface area contributed by atoms with Crippen LogP contribution in [-0.4, -0.2) is 20.4 Å². The number of aryl methyl sites for hydroxylation is 2. The summed E-state index contributed by atoms with van der Waals surface area (Å²) < 4.78 is 10.3. The van der Waals surface area contributed by atoms with E-state index in [0.29, 0.717) is 22.1 Å². The van der Waals surface area contributed by atoms with Crippen LogP contribution in [0.25, 0.3) is 10.4 Å². The summed E-state index contributed by atoms with van der Waals surface area (Å²) in [4.78, 5) is 17.2. The number of hydrogen-bond acceptors (Lipinski definition) is 6. The Morgan fingerprint density at radius 2 is 2.26 bits per heavy atom. The molecule has 0 amide bonds. The van der Waals surface area contributed by atoms with Crippen LogP contribution in [0.4, 0.5) is 0 Å². The standard InChI is InChI=1S/C16H12N2O3S2/c1-8-11(3-2-6-17-8)21-16-12-10(14(22-16)15(19)20)5-4-9-7-18-23-13(9)12/h2-3,6-7H,4-5H2,1H3,(H,19,20). The van der Waals surface area contributed by atoms with E-state index in [1.54, 1.807) is 12.3 Å². The summed E-state index contributed by atoms with van der Waals surface area (Å²) in [6.45, 7) is 1.87. The molecule has 0 radical (unpaired) electrons. The van der Waals surface area contributed by atoms with Crippen LogP contribution in [0.1, 0.15) is 26.5 Å². The second-order valence-corrected chi connectivity index (χ2v) is 7.03. The van der Waals surface area contributed by atoms with Gasteiger partial charge in [0.25, 0.3) is 0 Å². The van der Waals surface area contributed by atoms with E-state index in [0.717, 1.165) is 33.7 Å². The minimum absolute atomic E-state index is 0.357. The van der Waals surface area contributed by atoms with Gasteiger partial charge in [0.2, 0.25) is 0 Å². The maximum absolute atomic E-state index is 11.6. The number of carboxylic acids is 1. The van der Waals surface area contributed by atoms with E-state index in [9.17, 15) is 9.90 Å². The van der Waals surface area contributed by atoms with Crippen molar-refractivity contribution < 1.29 is 14.6 Å². The summed E-state index contributed by atoms with van der Waals surface area (Å²) in [5.74, 6) is -0.262. The van der Waals surface area contributed by atoms with Crippen molar-refractivity contribution in [1.82, 2.24) is 9.36 Å². The van der Waals surface area contributed by atoms with Gasteiger partial charge in [-0.25, -0.2) is 9.17 Å². The summed E-state index contributed by atoms with van der Waals surface area (Å²) in [6, 6.07) is 3.64. The molecule has 3 aromatic heterocycles. The number of carboxylic acid groups (broad SMARTS) is 1. The zero-order valence-corrected chi connectivity index (χ0v) is 13.8. The number of rotatable bonds is 3. The number of pyridine rings is 1. The van der Waals surface area contributed by atoms with Crippen LogP contribution in [0, 0.1) is 6.92 Å². The SMILES string of the molecule is Cc1ncccc1Oc1sc(C(=O)O)c2c1-c1sncc1CC2. The molecule has 0 saturated heterocycles. The molecule has 0 saturated carbocycles. The topological polar surface area (TPSA) is 72.3 Å². The molecule has 0 atom stereocenters. The van der Waals surface area contributed by atoms with Crippen molar-refractivity contribution >= 4 is 28.8 Å². The lowest BCUT2D eigenvalue weighted by atomic mass is 9.93. The summed E-state index contributed by atoms with van der Waals surface area (Å²) >= 11 is 2.57. The first-order chi connectivity index (χ1) is 11.1. The fourth-order valence-corrected chi connectivity index (χ4v) is 4.72. The minimum Gasteiger partial charge on any atom is -0.477 e. The van der Waals surface area contributed by atoms with Crippen LogP contribution in [0.3, 0.4) is 0 Å². The Bertz CT molecular complexity index is 914. The third-order valence-electron chi connectivity index (χ3n) is 3.85. The van der Waals surface area contributed by atoms with E-state index in [1.807, 2.05) is 19.2 Å². The molecular formula is C16H12N2O3S2. The number of aromatic carboxylic acids is 1. The Morgan fingerprint density at radius 1 is 1.39 bits per heavy atom. The van der Waals surface area contributed by atoms with Crippen LogP contribution < -0.4 is 4.74 Å². The molecule has 7 heteroatoms. The first kappa shape index (κ1) is 14.3. The van der Waals surface area contributed by atoms with Gasteiger partial charge in [0.1, 0.15) is 10.6 Å². The monoisotopic (exact) mass is 344 g/mol. The average molecular weight is 344 g/mol. The van der Waals surface area contributed by atoms with Gasteiger partial charge in [0.15, 0.2) is 5.06 Å². The Balaban J connectivity index is 1.88. The zero-order valence-electron chi connectivity index (χ0n) is 12.2. The molecule has 0 bridgehead atoms. The van der Waals surface area contributed by atoms with Crippen molar-refractivity contribution in [2.24, 2.45) is 0 Å². The Hall–Kier alpha value is -2.25. The lowest BCUT2D eigenvalue weighted by Crippen LogP contribution is -2.04. The molecular weight excluding hydrogens is 332 g/mol. The largest absolute Gasteiger partial charge is 0.477 e. The van der Waals surface area contributed by atoms with Crippen LogP contribution >= 0.6 is 22.9 Å². The summed E-state index contributed by atoms with van der Waals surface area (Å²) in [7, 11) is 0. The van der Waals surface area contributed by atoms with Crippen LogP contribution in [0.2, 0.25) is 0 Å². The Labute approximate surface area is 140 Å². The van der Waals surface area contributed by atoms with Gasteiger partial charge in [-0.2, -0.15) is 0 Å². The maximum Gasteiger partial charge on any atom is 0.346 e. The van der Waals surface area contributed by atoms with E-state index in [2.05, 4.69) is 9.36 Å².